The summed E-state index contributed by atoms with van der Waals surface area (Å²) in [6, 6.07) is 0. The third-order valence-corrected chi connectivity index (χ3v) is 3.00. The highest BCUT2D eigenvalue weighted by Gasteiger charge is 2.15. The van der Waals surface area contributed by atoms with Crippen molar-refractivity contribution in [3.8, 4) is 0 Å². The van der Waals surface area contributed by atoms with Gasteiger partial charge in [-0.3, -0.25) is 0 Å². The van der Waals surface area contributed by atoms with Gasteiger partial charge in [-0.25, -0.2) is 0 Å². The van der Waals surface area contributed by atoms with Crippen LogP contribution < -0.4 is 5.32 Å². The highest BCUT2D eigenvalue weighted by Crippen LogP contribution is 2.12. The number of nitrogens with one attached hydrogen (secondary N) is 1. The summed E-state index contributed by atoms with van der Waals surface area (Å²) in [5.74, 6) is 2.96. The van der Waals surface area contributed by atoms with Crippen LogP contribution in [0.3, 0.4) is 0 Å². The van der Waals surface area contributed by atoms with Crippen molar-refractivity contribution in [2.45, 2.75) is 13.0 Å². The molecule has 0 aromatic rings. The molecule has 60 valence electrons. The Morgan fingerprint density at radius 3 is 2.80 bits per heavy atom. The molecule has 1 fully saturated rings. The topological polar surface area (TPSA) is 32.3 Å². The Balaban J connectivity index is 1.85. The molecule has 0 saturated carbocycles. The number of rotatable bonds is 4. The Kier molecular flexibility index (Phi) is 3.52. The van der Waals surface area contributed by atoms with Crippen LogP contribution in [-0.2, 0) is 0 Å². The second-order valence-electron chi connectivity index (χ2n) is 2.91. The van der Waals surface area contributed by atoms with E-state index in [2.05, 4.69) is 5.32 Å². The summed E-state index contributed by atoms with van der Waals surface area (Å²) in [7, 11) is 0. The summed E-state index contributed by atoms with van der Waals surface area (Å²) in [5.41, 5.74) is 0. The van der Waals surface area contributed by atoms with E-state index in [0.29, 0.717) is 0 Å². The molecule has 1 rings (SSSR count). The van der Waals surface area contributed by atoms with Gasteiger partial charge >= 0.3 is 0 Å². The van der Waals surface area contributed by atoms with Crippen molar-refractivity contribution in [3.63, 3.8) is 0 Å². The van der Waals surface area contributed by atoms with Gasteiger partial charge in [0, 0.05) is 5.75 Å². The van der Waals surface area contributed by atoms with Crippen LogP contribution in [0.15, 0.2) is 0 Å². The maximum absolute atomic E-state index is 8.92. The maximum atomic E-state index is 8.92. The quantitative estimate of drug-likeness (QED) is 0.623. The highest BCUT2D eigenvalue weighted by atomic mass is 32.2. The van der Waals surface area contributed by atoms with Crippen molar-refractivity contribution >= 4 is 11.8 Å². The molecule has 0 aromatic carbocycles. The second-order valence-corrected chi connectivity index (χ2v) is 3.99. The Morgan fingerprint density at radius 1 is 1.70 bits per heavy atom. The molecule has 1 atom stereocenters. The van der Waals surface area contributed by atoms with Crippen LogP contribution >= 0.6 is 11.8 Å². The van der Waals surface area contributed by atoms with Crippen molar-refractivity contribution in [1.29, 1.82) is 0 Å². The van der Waals surface area contributed by atoms with Crippen LogP contribution in [0, 0.1) is 5.92 Å². The summed E-state index contributed by atoms with van der Waals surface area (Å²) in [5, 5.41) is 12.1. The van der Waals surface area contributed by atoms with Gasteiger partial charge in [-0.1, -0.05) is 0 Å². The molecule has 1 aliphatic heterocycles. The predicted molar refractivity (Wildman–Crippen MR) is 45.4 cm³/mol. The third-order valence-electron chi connectivity index (χ3n) is 1.58. The lowest BCUT2D eigenvalue weighted by Crippen LogP contribution is -2.43. The van der Waals surface area contributed by atoms with Gasteiger partial charge in [0.2, 0.25) is 0 Å². The molecule has 0 bridgehead atoms. The van der Waals surface area contributed by atoms with E-state index >= 15 is 0 Å². The van der Waals surface area contributed by atoms with Crippen molar-refractivity contribution < 1.29 is 5.11 Å². The molecular formula is C7H15NOS. The molecule has 1 aliphatic rings. The number of thioether (sulfide) groups is 1. The number of aliphatic hydroxyl groups is 1. The highest BCUT2D eigenvalue weighted by molar-refractivity contribution is 7.99. The zero-order valence-electron chi connectivity index (χ0n) is 6.34. The molecule has 0 aromatic heterocycles. The molecule has 1 unspecified atom stereocenters. The summed E-state index contributed by atoms with van der Waals surface area (Å²) < 4.78 is 0. The van der Waals surface area contributed by atoms with Crippen LogP contribution in [0.4, 0.5) is 0 Å². The lowest BCUT2D eigenvalue weighted by atomic mass is 10.1. The summed E-state index contributed by atoms with van der Waals surface area (Å²) in [6.45, 7) is 4.19. The van der Waals surface area contributed by atoms with Gasteiger partial charge in [0.05, 0.1) is 6.10 Å². The van der Waals surface area contributed by atoms with E-state index in [0.717, 1.165) is 11.7 Å². The third kappa shape index (κ3) is 2.90. The molecule has 0 radical (unpaired) electrons. The summed E-state index contributed by atoms with van der Waals surface area (Å²) in [4.78, 5) is 0. The first-order valence-electron chi connectivity index (χ1n) is 3.75. The monoisotopic (exact) mass is 161 g/mol. The van der Waals surface area contributed by atoms with Gasteiger partial charge in [-0.2, -0.15) is 11.8 Å². The standard InChI is InChI=1S/C7H15NOS/c1-6(9)4-10-5-7-2-8-3-7/h6-9H,2-5H2,1H3. The smallest absolute Gasteiger partial charge is 0.0602 e. The maximum Gasteiger partial charge on any atom is 0.0602 e. The van der Waals surface area contributed by atoms with E-state index in [1.54, 1.807) is 0 Å². The fraction of sp³-hybridized carbons (Fsp3) is 1.00. The van der Waals surface area contributed by atoms with E-state index in [9.17, 15) is 0 Å². The zero-order chi connectivity index (χ0) is 7.40. The zero-order valence-corrected chi connectivity index (χ0v) is 7.16. The minimum atomic E-state index is -0.141. The predicted octanol–water partition coefficient (Wildman–Crippen LogP) is 0.320. The Hall–Kier alpha value is 0.270. The van der Waals surface area contributed by atoms with Gasteiger partial charge < -0.3 is 10.4 Å². The summed E-state index contributed by atoms with van der Waals surface area (Å²) in [6.07, 6.45) is -0.141. The number of hydrogen-bond acceptors (Lipinski definition) is 3. The first-order chi connectivity index (χ1) is 4.79. The lowest BCUT2D eigenvalue weighted by Gasteiger charge is -2.26. The molecule has 10 heavy (non-hydrogen) atoms. The van der Waals surface area contributed by atoms with Gasteiger partial charge in [-0.05, 0) is 31.7 Å². The van der Waals surface area contributed by atoms with E-state index in [4.69, 9.17) is 5.11 Å². The van der Waals surface area contributed by atoms with Crippen LogP contribution in [0.1, 0.15) is 6.92 Å². The molecule has 2 N–H and O–H groups in total. The fourth-order valence-corrected chi connectivity index (χ4v) is 1.92. The SMILES string of the molecule is CC(O)CSCC1CNC1. The first-order valence-corrected chi connectivity index (χ1v) is 4.91. The molecule has 0 amide bonds. The Bertz CT molecular complexity index is 93.6. The fourth-order valence-electron chi connectivity index (χ4n) is 0.872. The molecule has 0 aliphatic carbocycles. The van der Waals surface area contributed by atoms with Crippen molar-refractivity contribution in [3.05, 3.63) is 0 Å². The van der Waals surface area contributed by atoms with Crippen LogP contribution in [0.5, 0.6) is 0 Å². The molecule has 1 saturated heterocycles. The van der Waals surface area contributed by atoms with Crippen LogP contribution in [-0.4, -0.2) is 35.8 Å². The second kappa shape index (κ2) is 4.21. The number of aliphatic hydroxyl groups excluding tert-OH is 1. The molecule has 2 nitrogen and oxygen atoms in total. The van der Waals surface area contributed by atoms with Crippen molar-refractivity contribution in [2.24, 2.45) is 5.92 Å². The van der Waals surface area contributed by atoms with Gasteiger partial charge in [0.1, 0.15) is 0 Å². The van der Waals surface area contributed by atoms with E-state index in [1.165, 1.54) is 18.8 Å². The molecule has 0 spiro atoms. The Morgan fingerprint density at radius 2 is 2.40 bits per heavy atom. The largest absolute Gasteiger partial charge is 0.393 e. The van der Waals surface area contributed by atoms with Crippen LogP contribution in [0.2, 0.25) is 0 Å². The lowest BCUT2D eigenvalue weighted by molar-refractivity contribution is 0.220. The van der Waals surface area contributed by atoms with Crippen molar-refractivity contribution in [2.75, 3.05) is 24.6 Å². The van der Waals surface area contributed by atoms with Crippen LogP contribution in [0.25, 0.3) is 0 Å². The summed E-state index contributed by atoms with van der Waals surface area (Å²) >= 11 is 1.86. The van der Waals surface area contributed by atoms with Gasteiger partial charge in [0.25, 0.3) is 0 Å². The minimum absolute atomic E-state index is 0.141. The van der Waals surface area contributed by atoms with E-state index < -0.39 is 0 Å². The normalized spacial score (nSPS) is 22.2. The average Bonchev–Trinajstić information content (AvgIpc) is 1.75. The van der Waals surface area contributed by atoms with Crippen molar-refractivity contribution in [1.82, 2.24) is 5.32 Å². The van der Waals surface area contributed by atoms with E-state index in [-0.39, 0.29) is 6.10 Å². The Labute approximate surface area is 66.4 Å². The molecule has 3 heteroatoms. The van der Waals surface area contributed by atoms with E-state index in [1.807, 2.05) is 18.7 Å². The molecule has 1 heterocycles. The van der Waals surface area contributed by atoms with Gasteiger partial charge in [0.15, 0.2) is 0 Å². The average molecular weight is 161 g/mol. The first kappa shape index (κ1) is 8.37. The number of hydrogen-bond donors (Lipinski definition) is 2. The van der Waals surface area contributed by atoms with Gasteiger partial charge in [-0.15, -0.1) is 0 Å². The molecular weight excluding hydrogens is 146 g/mol. The minimum Gasteiger partial charge on any atom is -0.393 e.